The largest absolute Gasteiger partial charge is 0.479 e. The fourth-order valence-electron chi connectivity index (χ4n) is 2.07. The highest BCUT2D eigenvalue weighted by Gasteiger charge is 2.17. The number of benzene rings is 1. The third-order valence-electron chi connectivity index (χ3n) is 2.97. The number of halogens is 1. The second kappa shape index (κ2) is 4.64. The van der Waals surface area contributed by atoms with Gasteiger partial charge in [0.2, 0.25) is 11.8 Å². The Kier molecular flexibility index (Phi) is 2.94. The lowest BCUT2D eigenvalue weighted by Crippen LogP contribution is -2.02. The van der Waals surface area contributed by atoms with Crippen molar-refractivity contribution in [3.8, 4) is 11.6 Å². The van der Waals surface area contributed by atoms with Crippen molar-refractivity contribution < 1.29 is 4.74 Å². The normalized spacial score (nSPS) is 10.9. The van der Waals surface area contributed by atoms with Crippen molar-refractivity contribution in [1.82, 2.24) is 19.5 Å². The molecule has 0 radical (unpaired) electrons. The number of hydrogen-bond donors (Lipinski definition) is 1. The number of nitrogens with two attached hydrogens (primary N) is 1. The fraction of sp³-hybridized carbons (Fsp3) is 0.154. The van der Waals surface area contributed by atoms with Gasteiger partial charge < -0.3 is 10.5 Å². The van der Waals surface area contributed by atoms with Crippen molar-refractivity contribution in [3.05, 3.63) is 35.1 Å². The molecule has 0 saturated carbocycles. The summed E-state index contributed by atoms with van der Waals surface area (Å²) in [5.74, 6) is 0.663. The molecule has 1 aromatic carbocycles. The zero-order chi connectivity index (χ0) is 14.3. The number of ether oxygens (including phenoxy) is 1. The van der Waals surface area contributed by atoms with E-state index in [9.17, 15) is 0 Å². The molecule has 20 heavy (non-hydrogen) atoms. The third-order valence-corrected chi connectivity index (χ3v) is 3.29. The van der Waals surface area contributed by atoms with Crippen LogP contribution in [0.15, 0.2) is 24.5 Å². The number of hydrogen-bond acceptors (Lipinski definition) is 5. The zero-order valence-electron chi connectivity index (χ0n) is 11.0. The first-order valence-electron chi connectivity index (χ1n) is 5.91. The van der Waals surface area contributed by atoms with Crippen LogP contribution in [0.25, 0.3) is 16.9 Å². The van der Waals surface area contributed by atoms with Crippen LogP contribution in [0, 0.1) is 6.92 Å². The minimum atomic E-state index is 0.284. The van der Waals surface area contributed by atoms with Crippen LogP contribution in [-0.4, -0.2) is 26.6 Å². The number of methoxy groups -OCH3 is 1. The summed E-state index contributed by atoms with van der Waals surface area (Å²) < 4.78 is 6.86. The first-order chi connectivity index (χ1) is 9.61. The van der Waals surface area contributed by atoms with E-state index >= 15 is 0 Å². The molecule has 0 saturated heterocycles. The predicted molar refractivity (Wildman–Crippen MR) is 77.4 cm³/mol. The quantitative estimate of drug-likeness (QED) is 0.783. The van der Waals surface area contributed by atoms with Gasteiger partial charge in [-0.15, -0.1) is 0 Å². The minimum Gasteiger partial charge on any atom is -0.479 e. The van der Waals surface area contributed by atoms with E-state index in [1.807, 2.05) is 25.1 Å². The topological polar surface area (TPSA) is 78.8 Å². The van der Waals surface area contributed by atoms with E-state index in [1.54, 1.807) is 4.57 Å². The van der Waals surface area contributed by atoms with Crippen LogP contribution in [0.3, 0.4) is 0 Å². The molecule has 0 aliphatic heterocycles. The summed E-state index contributed by atoms with van der Waals surface area (Å²) in [4.78, 5) is 12.5. The lowest BCUT2D eigenvalue weighted by atomic mass is 10.2. The van der Waals surface area contributed by atoms with Crippen molar-refractivity contribution in [3.63, 3.8) is 0 Å². The highest BCUT2D eigenvalue weighted by molar-refractivity contribution is 6.32. The van der Waals surface area contributed by atoms with Crippen LogP contribution in [0.5, 0.6) is 5.88 Å². The van der Waals surface area contributed by atoms with E-state index in [-0.39, 0.29) is 5.95 Å². The number of nitrogens with zero attached hydrogens (tertiary/aromatic N) is 4. The standard InChI is InChI=1S/C13H12ClN5O/c1-7-3-4-8(14)9(5-7)19-11-10(18-13(19)15)12(20-2)17-6-16-11/h3-6H,1-2H3,(H2,15,18). The Balaban J connectivity index is 2.37. The van der Waals surface area contributed by atoms with Crippen LogP contribution in [0.2, 0.25) is 5.02 Å². The maximum absolute atomic E-state index is 6.25. The van der Waals surface area contributed by atoms with Crippen LogP contribution in [0.1, 0.15) is 5.56 Å². The first kappa shape index (κ1) is 12.7. The Morgan fingerprint density at radius 2 is 2.10 bits per heavy atom. The van der Waals surface area contributed by atoms with Gasteiger partial charge in [0.15, 0.2) is 11.2 Å². The lowest BCUT2D eigenvalue weighted by molar-refractivity contribution is 0.401. The Labute approximate surface area is 120 Å². The predicted octanol–water partition coefficient (Wildman–Crippen LogP) is 2.37. The smallest absolute Gasteiger partial charge is 0.245 e. The summed E-state index contributed by atoms with van der Waals surface area (Å²) in [6.45, 7) is 1.98. The van der Waals surface area contributed by atoms with E-state index in [0.29, 0.717) is 22.1 Å². The molecule has 2 N–H and O–H groups in total. The molecule has 102 valence electrons. The average Bonchev–Trinajstić information content (AvgIpc) is 2.77. The minimum absolute atomic E-state index is 0.284. The highest BCUT2D eigenvalue weighted by atomic mass is 35.5. The van der Waals surface area contributed by atoms with Crippen molar-refractivity contribution >= 4 is 28.7 Å². The molecule has 0 unspecified atom stereocenters. The van der Waals surface area contributed by atoms with Crippen molar-refractivity contribution in [2.45, 2.75) is 6.92 Å². The van der Waals surface area contributed by atoms with E-state index < -0.39 is 0 Å². The van der Waals surface area contributed by atoms with Gasteiger partial charge in [-0.3, -0.25) is 4.57 Å². The molecule has 0 aliphatic carbocycles. The highest BCUT2D eigenvalue weighted by Crippen LogP contribution is 2.30. The summed E-state index contributed by atoms with van der Waals surface area (Å²) in [5, 5.41) is 0.569. The molecule has 0 bridgehead atoms. The van der Waals surface area contributed by atoms with Gasteiger partial charge in [0, 0.05) is 0 Å². The van der Waals surface area contributed by atoms with E-state index in [4.69, 9.17) is 22.1 Å². The van der Waals surface area contributed by atoms with Gasteiger partial charge in [-0.1, -0.05) is 17.7 Å². The second-order valence-corrected chi connectivity index (χ2v) is 4.72. The molecule has 3 rings (SSSR count). The van der Waals surface area contributed by atoms with Gasteiger partial charge in [-0.2, -0.15) is 4.98 Å². The molecular weight excluding hydrogens is 278 g/mol. The summed E-state index contributed by atoms with van der Waals surface area (Å²) in [6, 6.07) is 5.67. The molecule has 0 atom stereocenters. The number of nitrogen functional groups attached to an aromatic ring is 1. The van der Waals surface area contributed by atoms with Crippen molar-refractivity contribution in [2.24, 2.45) is 0 Å². The number of aromatic nitrogens is 4. The molecule has 3 aromatic rings. The summed E-state index contributed by atoms with van der Waals surface area (Å²) >= 11 is 6.25. The molecule has 0 fully saturated rings. The molecule has 6 nitrogen and oxygen atoms in total. The Bertz CT molecular complexity index is 799. The van der Waals surface area contributed by atoms with Crippen LogP contribution < -0.4 is 10.5 Å². The molecule has 0 amide bonds. The van der Waals surface area contributed by atoms with Gasteiger partial charge in [0.05, 0.1) is 17.8 Å². The second-order valence-electron chi connectivity index (χ2n) is 4.32. The summed E-state index contributed by atoms with van der Waals surface area (Å²) in [5.41, 5.74) is 8.85. The van der Waals surface area contributed by atoms with Crippen LogP contribution >= 0.6 is 11.6 Å². The molecule has 7 heteroatoms. The summed E-state index contributed by atoms with van der Waals surface area (Å²) in [7, 11) is 1.52. The van der Waals surface area contributed by atoms with Gasteiger partial charge >= 0.3 is 0 Å². The maximum atomic E-state index is 6.25. The SMILES string of the molecule is COc1ncnc2c1nc(N)n2-c1cc(C)ccc1Cl. The molecular formula is C13H12ClN5O. The average molecular weight is 290 g/mol. The van der Waals surface area contributed by atoms with Gasteiger partial charge in [0.25, 0.3) is 0 Å². The van der Waals surface area contributed by atoms with Gasteiger partial charge in [-0.05, 0) is 24.6 Å². The number of anilines is 1. The van der Waals surface area contributed by atoms with E-state index in [0.717, 1.165) is 11.3 Å². The van der Waals surface area contributed by atoms with E-state index in [2.05, 4.69) is 15.0 Å². The van der Waals surface area contributed by atoms with Gasteiger partial charge in [-0.25, -0.2) is 9.97 Å². The molecule has 0 aliphatic rings. The third kappa shape index (κ3) is 1.85. The lowest BCUT2D eigenvalue weighted by Gasteiger charge is -2.09. The summed E-state index contributed by atoms with van der Waals surface area (Å²) in [6.07, 6.45) is 1.41. The first-order valence-corrected chi connectivity index (χ1v) is 6.29. The van der Waals surface area contributed by atoms with Crippen LogP contribution in [0.4, 0.5) is 5.95 Å². The Hall–Kier alpha value is -2.34. The van der Waals surface area contributed by atoms with Crippen molar-refractivity contribution in [1.29, 1.82) is 0 Å². The number of rotatable bonds is 2. The zero-order valence-corrected chi connectivity index (χ0v) is 11.7. The molecule has 2 heterocycles. The Morgan fingerprint density at radius 3 is 2.85 bits per heavy atom. The maximum Gasteiger partial charge on any atom is 0.245 e. The molecule has 2 aromatic heterocycles. The monoisotopic (exact) mass is 289 g/mol. The Morgan fingerprint density at radius 1 is 1.30 bits per heavy atom. The fourth-order valence-corrected chi connectivity index (χ4v) is 2.27. The number of aryl methyl sites for hydroxylation is 1. The number of imidazole rings is 1. The number of fused-ring (bicyclic) bond motifs is 1. The van der Waals surface area contributed by atoms with Crippen LogP contribution in [-0.2, 0) is 0 Å². The van der Waals surface area contributed by atoms with Gasteiger partial charge in [0.1, 0.15) is 6.33 Å². The molecule has 0 spiro atoms. The van der Waals surface area contributed by atoms with E-state index in [1.165, 1.54) is 13.4 Å². The van der Waals surface area contributed by atoms with Crippen molar-refractivity contribution in [2.75, 3.05) is 12.8 Å².